The highest BCUT2D eigenvalue weighted by atomic mass is 19.1. The van der Waals surface area contributed by atoms with E-state index >= 15 is 0 Å². The molecule has 1 saturated heterocycles. The van der Waals surface area contributed by atoms with E-state index in [-0.39, 0.29) is 31.0 Å². The minimum atomic E-state index is -0.954. The third kappa shape index (κ3) is 2.37. The smallest absolute Gasteiger partial charge is 0.226 e. The van der Waals surface area contributed by atoms with Crippen LogP contribution in [0.1, 0.15) is 38.5 Å². The number of hydrogen-bond donors (Lipinski definition) is 1. The molecule has 1 heterocycles. The van der Waals surface area contributed by atoms with Gasteiger partial charge in [-0.15, -0.1) is 0 Å². The van der Waals surface area contributed by atoms with E-state index < -0.39 is 6.17 Å². The molecule has 0 aromatic carbocycles. The molecule has 0 aromatic rings. The van der Waals surface area contributed by atoms with E-state index in [1.54, 1.807) is 4.90 Å². The second kappa shape index (κ2) is 5.13. The summed E-state index contributed by atoms with van der Waals surface area (Å²) in [5, 5.41) is 9.14. The first-order valence-electron chi connectivity index (χ1n) is 6.27. The Morgan fingerprint density at radius 1 is 1.31 bits per heavy atom. The predicted octanol–water partition coefficient (Wildman–Crippen LogP) is 1.50. The Balaban J connectivity index is 1.97. The summed E-state index contributed by atoms with van der Waals surface area (Å²) in [7, 11) is 0. The Bertz CT molecular complexity index is 253. The SMILES string of the molecule is O=C(C1CCCCC1)N1C[C@@H](F)C[C@H]1CO. The number of likely N-dealkylation sites (tertiary alicyclic amines) is 1. The highest BCUT2D eigenvalue weighted by Gasteiger charge is 2.37. The van der Waals surface area contributed by atoms with Crippen molar-refractivity contribution in [3.63, 3.8) is 0 Å². The average molecular weight is 229 g/mol. The van der Waals surface area contributed by atoms with Crippen molar-refractivity contribution in [2.75, 3.05) is 13.2 Å². The van der Waals surface area contributed by atoms with E-state index in [1.807, 2.05) is 0 Å². The van der Waals surface area contributed by atoms with Crippen LogP contribution in [0, 0.1) is 5.92 Å². The Morgan fingerprint density at radius 3 is 2.62 bits per heavy atom. The molecule has 2 rings (SSSR count). The summed E-state index contributed by atoms with van der Waals surface area (Å²) in [6.07, 6.45) is 4.63. The summed E-state index contributed by atoms with van der Waals surface area (Å²) in [5.41, 5.74) is 0. The predicted molar refractivity (Wildman–Crippen MR) is 58.7 cm³/mol. The van der Waals surface area contributed by atoms with Gasteiger partial charge in [0.2, 0.25) is 5.91 Å². The van der Waals surface area contributed by atoms with Crippen molar-refractivity contribution in [2.24, 2.45) is 5.92 Å². The molecule has 2 atom stereocenters. The zero-order valence-corrected chi connectivity index (χ0v) is 9.57. The number of rotatable bonds is 2. The summed E-state index contributed by atoms with van der Waals surface area (Å²) in [5.74, 6) is 0.145. The number of aliphatic hydroxyl groups is 1. The molecule has 0 bridgehead atoms. The maximum absolute atomic E-state index is 13.2. The van der Waals surface area contributed by atoms with Gasteiger partial charge in [0, 0.05) is 12.3 Å². The van der Waals surface area contributed by atoms with Crippen molar-refractivity contribution in [3.8, 4) is 0 Å². The molecular formula is C12H20FNO2. The standard InChI is InChI=1S/C12H20FNO2/c13-10-6-11(8-15)14(7-10)12(16)9-4-2-1-3-5-9/h9-11,15H,1-8H2/t10-,11-/m0/s1. The lowest BCUT2D eigenvalue weighted by atomic mass is 9.88. The molecule has 4 heteroatoms. The van der Waals surface area contributed by atoms with Crippen molar-refractivity contribution < 1.29 is 14.3 Å². The third-order valence-corrected chi connectivity index (χ3v) is 3.81. The van der Waals surface area contributed by atoms with Gasteiger partial charge in [-0.1, -0.05) is 19.3 Å². The van der Waals surface area contributed by atoms with Crippen molar-refractivity contribution >= 4 is 5.91 Å². The Hall–Kier alpha value is -0.640. The molecule has 16 heavy (non-hydrogen) atoms. The number of carbonyl (C=O) groups is 1. The average Bonchev–Trinajstić information content (AvgIpc) is 2.70. The van der Waals surface area contributed by atoms with Gasteiger partial charge in [0.25, 0.3) is 0 Å². The maximum Gasteiger partial charge on any atom is 0.226 e. The summed E-state index contributed by atoms with van der Waals surface area (Å²) in [6, 6.07) is -0.288. The fourth-order valence-corrected chi connectivity index (χ4v) is 2.89. The first kappa shape index (κ1) is 11.8. The number of nitrogens with zero attached hydrogens (tertiary/aromatic N) is 1. The first-order valence-corrected chi connectivity index (χ1v) is 6.27. The van der Waals surface area contributed by atoms with Crippen LogP contribution in [0.15, 0.2) is 0 Å². The summed E-state index contributed by atoms with van der Waals surface area (Å²) >= 11 is 0. The quantitative estimate of drug-likeness (QED) is 0.779. The minimum absolute atomic E-state index is 0.0684. The minimum Gasteiger partial charge on any atom is -0.394 e. The molecule has 1 saturated carbocycles. The van der Waals surface area contributed by atoms with Gasteiger partial charge in [-0.05, 0) is 12.8 Å². The van der Waals surface area contributed by atoms with Crippen LogP contribution in [0.5, 0.6) is 0 Å². The van der Waals surface area contributed by atoms with Crippen LogP contribution in [0.2, 0.25) is 0 Å². The summed E-state index contributed by atoms with van der Waals surface area (Å²) < 4.78 is 13.2. The number of hydrogen-bond acceptors (Lipinski definition) is 2. The lowest BCUT2D eigenvalue weighted by molar-refractivity contribution is -0.138. The van der Waals surface area contributed by atoms with E-state index in [0.29, 0.717) is 6.42 Å². The Labute approximate surface area is 95.6 Å². The fourth-order valence-electron chi connectivity index (χ4n) is 2.89. The molecule has 1 amide bonds. The van der Waals surface area contributed by atoms with Gasteiger partial charge >= 0.3 is 0 Å². The van der Waals surface area contributed by atoms with E-state index in [0.717, 1.165) is 25.7 Å². The molecule has 2 fully saturated rings. The van der Waals surface area contributed by atoms with Crippen LogP contribution in [0.3, 0.4) is 0 Å². The molecule has 1 N–H and O–H groups in total. The molecule has 0 unspecified atom stereocenters. The summed E-state index contributed by atoms with van der Waals surface area (Å²) in [6.45, 7) is 0.0689. The van der Waals surface area contributed by atoms with Crippen molar-refractivity contribution in [1.82, 2.24) is 4.90 Å². The fraction of sp³-hybridized carbons (Fsp3) is 0.917. The van der Waals surface area contributed by atoms with Gasteiger partial charge in [0.15, 0.2) is 0 Å². The zero-order valence-electron chi connectivity index (χ0n) is 9.57. The van der Waals surface area contributed by atoms with E-state index in [4.69, 9.17) is 5.11 Å². The lowest BCUT2D eigenvalue weighted by Gasteiger charge is -2.29. The first-order chi connectivity index (χ1) is 7.72. The molecular weight excluding hydrogens is 209 g/mol. The normalized spacial score (nSPS) is 32.0. The van der Waals surface area contributed by atoms with Gasteiger partial charge in [-0.3, -0.25) is 4.79 Å². The number of amides is 1. The van der Waals surface area contributed by atoms with Gasteiger partial charge in [-0.2, -0.15) is 0 Å². The Morgan fingerprint density at radius 2 is 2.00 bits per heavy atom. The maximum atomic E-state index is 13.2. The van der Waals surface area contributed by atoms with Crippen LogP contribution >= 0.6 is 0 Å². The van der Waals surface area contributed by atoms with Crippen LogP contribution in [-0.2, 0) is 4.79 Å². The van der Waals surface area contributed by atoms with Gasteiger partial charge < -0.3 is 10.0 Å². The van der Waals surface area contributed by atoms with E-state index in [1.165, 1.54) is 6.42 Å². The van der Waals surface area contributed by atoms with Gasteiger partial charge in [0.05, 0.1) is 19.2 Å². The number of carbonyl (C=O) groups excluding carboxylic acids is 1. The second-order valence-electron chi connectivity index (χ2n) is 4.99. The van der Waals surface area contributed by atoms with E-state index in [2.05, 4.69) is 0 Å². The van der Waals surface area contributed by atoms with Crippen molar-refractivity contribution in [1.29, 1.82) is 0 Å². The molecule has 3 nitrogen and oxygen atoms in total. The van der Waals surface area contributed by atoms with Gasteiger partial charge in [0.1, 0.15) is 6.17 Å². The largest absolute Gasteiger partial charge is 0.394 e. The highest BCUT2D eigenvalue weighted by molar-refractivity contribution is 5.79. The topological polar surface area (TPSA) is 40.5 Å². The molecule has 0 spiro atoms. The number of aliphatic hydroxyl groups excluding tert-OH is 1. The molecule has 0 aromatic heterocycles. The van der Waals surface area contributed by atoms with Crippen LogP contribution < -0.4 is 0 Å². The lowest BCUT2D eigenvalue weighted by Crippen LogP contribution is -2.42. The van der Waals surface area contributed by atoms with Crippen LogP contribution in [0.4, 0.5) is 4.39 Å². The third-order valence-electron chi connectivity index (χ3n) is 3.81. The van der Waals surface area contributed by atoms with Crippen molar-refractivity contribution in [3.05, 3.63) is 0 Å². The molecule has 1 aliphatic heterocycles. The van der Waals surface area contributed by atoms with Crippen LogP contribution in [0.25, 0.3) is 0 Å². The monoisotopic (exact) mass is 229 g/mol. The van der Waals surface area contributed by atoms with Crippen LogP contribution in [-0.4, -0.2) is 41.3 Å². The second-order valence-corrected chi connectivity index (χ2v) is 4.99. The Kier molecular flexibility index (Phi) is 3.79. The highest BCUT2D eigenvalue weighted by Crippen LogP contribution is 2.29. The number of alkyl halides is 1. The van der Waals surface area contributed by atoms with Crippen molar-refractivity contribution in [2.45, 2.75) is 50.7 Å². The van der Waals surface area contributed by atoms with Gasteiger partial charge in [-0.25, -0.2) is 4.39 Å². The molecule has 92 valence electrons. The zero-order chi connectivity index (χ0) is 11.5. The van der Waals surface area contributed by atoms with E-state index in [9.17, 15) is 9.18 Å². The molecule has 1 aliphatic carbocycles. The molecule has 0 radical (unpaired) electrons. The summed E-state index contributed by atoms with van der Waals surface area (Å²) in [4.78, 5) is 13.7. The molecule has 2 aliphatic rings. The number of halogens is 1.